The molecule has 1 atom stereocenters. The van der Waals surface area contributed by atoms with Crippen molar-refractivity contribution in [2.45, 2.75) is 12.3 Å². The van der Waals surface area contributed by atoms with E-state index in [9.17, 15) is 4.79 Å². The number of ether oxygens (including phenoxy) is 3. The van der Waals surface area contributed by atoms with Gasteiger partial charge in [0.15, 0.2) is 11.5 Å². The lowest BCUT2D eigenvalue weighted by atomic mass is 9.89. The number of hydrogen-bond donors (Lipinski definition) is 1. The van der Waals surface area contributed by atoms with Crippen molar-refractivity contribution in [1.29, 1.82) is 0 Å². The molecule has 5 rings (SSSR count). The van der Waals surface area contributed by atoms with Crippen molar-refractivity contribution in [3.05, 3.63) is 54.2 Å². The molecule has 1 N–H and O–H groups in total. The number of aromatic nitrogens is 3. The van der Waals surface area contributed by atoms with E-state index in [-0.39, 0.29) is 18.6 Å². The van der Waals surface area contributed by atoms with Crippen LogP contribution in [0.4, 0.5) is 5.82 Å². The fourth-order valence-electron chi connectivity index (χ4n) is 3.53. The van der Waals surface area contributed by atoms with Crippen molar-refractivity contribution in [2.24, 2.45) is 0 Å². The van der Waals surface area contributed by atoms with Gasteiger partial charge in [-0.2, -0.15) is 0 Å². The minimum absolute atomic E-state index is 0.0743. The molecule has 2 aliphatic rings. The van der Waals surface area contributed by atoms with E-state index in [1.54, 1.807) is 25.8 Å². The number of amides is 1. The third-order valence-corrected chi connectivity index (χ3v) is 4.78. The summed E-state index contributed by atoms with van der Waals surface area (Å²) in [6.07, 6.45) is 5.42. The number of rotatable bonds is 3. The number of carbonyl (C=O) groups excluding carboxylic acids is 1. The van der Waals surface area contributed by atoms with Gasteiger partial charge in [0.25, 0.3) is 0 Å². The van der Waals surface area contributed by atoms with E-state index in [1.165, 1.54) is 0 Å². The van der Waals surface area contributed by atoms with Gasteiger partial charge in [-0.15, -0.1) is 0 Å². The van der Waals surface area contributed by atoms with Crippen LogP contribution < -0.4 is 19.5 Å². The third kappa shape index (κ3) is 2.49. The summed E-state index contributed by atoms with van der Waals surface area (Å²) in [6, 6.07) is 7.52. The Labute approximate surface area is 154 Å². The molecule has 1 aromatic carbocycles. The van der Waals surface area contributed by atoms with Crippen LogP contribution in [0.3, 0.4) is 0 Å². The Morgan fingerprint density at radius 1 is 1.33 bits per heavy atom. The Hall–Kier alpha value is -3.55. The number of benzene rings is 1. The lowest BCUT2D eigenvalue weighted by Crippen LogP contribution is -2.25. The van der Waals surface area contributed by atoms with E-state index in [2.05, 4.69) is 15.3 Å². The van der Waals surface area contributed by atoms with Crippen LogP contribution in [0.1, 0.15) is 23.6 Å². The maximum atomic E-state index is 12.4. The largest absolute Gasteiger partial charge is 0.493 e. The van der Waals surface area contributed by atoms with Gasteiger partial charge in [-0.25, -0.2) is 4.98 Å². The van der Waals surface area contributed by atoms with E-state index in [1.807, 2.05) is 28.8 Å². The smallest absolute Gasteiger partial charge is 0.231 e. The number of pyridine rings is 1. The SMILES string of the molecule is COc1cc(C2CC(=O)Nc3c2ncn3-c2cccnc2)cc2c1OCO2. The molecule has 8 nitrogen and oxygen atoms in total. The first-order valence-corrected chi connectivity index (χ1v) is 8.49. The van der Waals surface area contributed by atoms with E-state index >= 15 is 0 Å². The van der Waals surface area contributed by atoms with Gasteiger partial charge < -0.3 is 19.5 Å². The van der Waals surface area contributed by atoms with E-state index in [0.29, 0.717) is 29.5 Å². The number of hydrogen-bond acceptors (Lipinski definition) is 6. The standard InChI is InChI=1S/C19H16N4O4/c1-25-14-5-11(6-15-18(14)27-10-26-15)13-7-16(24)22-19-17(13)21-9-23(19)12-3-2-4-20-8-12/h2-6,8-9,13H,7,10H2,1H3,(H,22,24). The predicted octanol–water partition coefficient (Wildman–Crippen LogP) is 2.48. The van der Waals surface area contributed by atoms with Crippen LogP contribution >= 0.6 is 0 Å². The molecule has 0 saturated carbocycles. The predicted molar refractivity (Wildman–Crippen MR) is 95.6 cm³/mol. The van der Waals surface area contributed by atoms with Gasteiger partial charge in [0.1, 0.15) is 12.1 Å². The molecule has 8 heteroatoms. The highest BCUT2D eigenvalue weighted by molar-refractivity contribution is 5.94. The Morgan fingerprint density at radius 3 is 3.07 bits per heavy atom. The molecule has 27 heavy (non-hydrogen) atoms. The minimum atomic E-state index is -0.213. The molecule has 1 unspecified atom stereocenters. The van der Waals surface area contributed by atoms with Crippen LogP contribution in [0.5, 0.6) is 17.2 Å². The summed E-state index contributed by atoms with van der Waals surface area (Å²) in [5, 5.41) is 2.93. The van der Waals surface area contributed by atoms with Crippen molar-refractivity contribution in [1.82, 2.24) is 14.5 Å². The van der Waals surface area contributed by atoms with Crippen LogP contribution in [-0.2, 0) is 4.79 Å². The maximum Gasteiger partial charge on any atom is 0.231 e. The number of methoxy groups -OCH3 is 1. The Morgan fingerprint density at radius 2 is 2.26 bits per heavy atom. The first-order chi connectivity index (χ1) is 13.2. The number of carbonyl (C=O) groups is 1. The molecule has 0 fully saturated rings. The first kappa shape index (κ1) is 15.7. The second kappa shape index (κ2) is 6.01. The molecular formula is C19H16N4O4. The van der Waals surface area contributed by atoms with Crippen molar-refractivity contribution >= 4 is 11.7 Å². The molecule has 136 valence electrons. The third-order valence-electron chi connectivity index (χ3n) is 4.78. The molecule has 2 aromatic heterocycles. The van der Waals surface area contributed by atoms with Gasteiger partial charge in [-0.3, -0.25) is 14.3 Å². The molecule has 0 aliphatic carbocycles. The Kier molecular flexibility index (Phi) is 3.49. The topological polar surface area (TPSA) is 87.5 Å². The molecule has 0 bridgehead atoms. The highest BCUT2D eigenvalue weighted by Crippen LogP contribution is 2.46. The van der Waals surface area contributed by atoms with Gasteiger partial charge in [-0.1, -0.05) is 0 Å². The highest BCUT2D eigenvalue weighted by atomic mass is 16.7. The van der Waals surface area contributed by atoms with Crippen molar-refractivity contribution in [3.63, 3.8) is 0 Å². The normalized spacial score (nSPS) is 17.4. The van der Waals surface area contributed by atoms with Gasteiger partial charge >= 0.3 is 0 Å². The summed E-state index contributed by atoms with van der Waals surface area (Å²) in [7, 11) is 1.58. The lowest BCUT2D eigenvalue weighted by Gasteiger charge is -2.24. The van der Waals surface area contributed by atoms with E-state index in [4.69, 9.17) is 14.2 Å². The Balaban J connectivity index is 1.62. The van der Waals surface area contributed by atoms with E-state index in [0.717, 1.165) is 16.9 Å². The highest BCUT2D eigenvalue weighted by Gasteiger charge is 2.33. The zero-order valence-electron chi connectivity index (χ0n) is 14.5. The fraction of sp³-hybridized carbons (Fsp3) is 0.211. The summed E-state index contributed by atoms with van der Waals surface area (Å²) in [5.74, 6) is 2.15. The summed E-state index contributed by atoms with van der Waals surface area (Å²) < 4.78 is 18.3. The summed E-state index contributed by atoms with van der Waals surface area (Å²) in [5.41, 5.74) is 2.51. The number of fused-ring (bicyclic) bond motifs is 2. The molecule has 0 radical (unpaired) electrons. The van der Waals surface area contributed by atoms with Crippen LogP contribution in [-0.4, -0.2) is 34.3 Å². The average molecular weight is 364 g/mol. The van der Waals surface area contributed by atoms with Gasteiger partial charge in [0, 0.05) is 18.5 Å². The summed E-state index contributed by atoms with van der Waals surface area (Å²) in [6.45, 7) is 0.154. The lowest BCUT2D eigenvalue weighted by molar-refractivity contribution is -0.116. The van der Waals surface area contributed by atoms with Crippen molar-refractivity contribution in [3.8, 4) is 22.9 Å². The van der Waals surface area contributed by atoms with E-state index < -0.39 is 0 Å². The number of nitrogens with zero attached hydrogens (tertiary/aromatic N) is 3. The molecule has 0 spiro atoms. The maximum absolute atomic E-state index is 12.4. The minimum Gasteiger partial charge on any atom is -0.493 e. The van der Waals surface area contributed by atoms with Crippen molar-refractivity contribution in [2.75, 3.05) is 19.2 Å². The number of imidazole rings is 1. The number of nitrogens with one attached hydrogen (secondary N) is 1. The monoisotopic (exact) mass is 364 g/mol. The van der Waals surface area contributed by atoms with Gasteiger partial charge in [0.05, 0.1) is 24.7 Å². The number of anilines is 1. The van der Waals surface area contributed by atoms with Crippen LogP contribution in [0.25, 0.3) is 5.69 Å². The molecule has 1 amide bonds. The molecular weight excluding hydrogens is 348 g/mol. The zero-order valence-corrected chi connectivity index (χ0v) is 14.5. The van der Waals surface area contributed by atoms with Gasteiger partial charge in [0.2, 0.25) is 18.4 Å². The van der Waals surface area contributed by atoms with Crippen LogP contribution in [0.15, 0.2) is 43.0 Å². The molecule has 3 aromatic rings. The van der Waals surface area contributed by atoms with Crippen LogP contribution in [0.2, 0.25) is 0 Å². The van der Waals surface area contributed by atoms with Gasteiger partial charge in [-0.05, 0) is 29.8 Å². The summed E-state index contributed by atoms with van der Waals surface area (Å²) in [4.78, 5) is 21.1. The molecule has 2 aliphatic heterocycles. The quantitative estimate of drug-likeness (QED) is 0.768. The summed E-state index contributed by atoms with van der Waals surface area (Å²) >= 11 is 0. The second-order valence-electron chi connectivity index (χ2n) is 6.32. The second-order valence-corrected chi connectivity index (χ2v) is 6.32. The van der Waals surface area contributed by atoms with Crippen molar-refractivity contribution < 1.29 is 19.0 Å². The first-order valence-electron chi connectivity index (χ1n) is 8.49. The molecule has 0 saturated heterocycles. The average Bonchev–Trinajstić information content (AvgIpc) is 3.34. The molecule has 4 heterocycles. The van der Waals surface area contributed by atoms with Crippen LogP contribution in [0, 0.1) is 0 Å². The Bertz CT molecular complexity index is 1030. The zero-order chi connectivity index (χ0) is 18.4. The fourth-order valence-corrected chi connectivity index (χ4v) is 3.53.